The van der Waals surface area contributed by atoms with Gasteiger partial charge in [-0.1, -0.05) is 51.4 Å². The molecule has 0 amide bonds. The Hall–Kier alpha value is -0.837. The minimum atomic E-state index is -1.77. The quantitative estimate of drug-likeness (QED) is 0.195. The summed E-state index contributed by atoms with van der Waals surface area (Å²) in [6.07, 6.45) is 25.6. The van der Waals surface area contributed by atoms with Crippen LogP contribution in [0.25, 0.3) is 0 Å². The van der Waals surface area contributed by atoms with Crippen LogP contribution in [0.1, 0.15) is 117 Å². The zero-order valence-electron chi connectivity index (χ0n) is 29.9. The molecular weight excluding hydrogens is 681 g/mol. The van der Waals surface area contributed by atoms with Crippen LogP contribution in [0.15, 0.2) is 0 Å². The van der Waals surface area contributed by atoms with Gasteiger partial charge in [-0.25, -0.2) is 0 Å². The van der Waals surface area contributed by atoms with Crippen molar-refractivity contribution in [2.24, 2.45) is 47.3 Å². The molecule has 4 aliphatic carbocycles. The van der Waals surface area contributed by atoms with Gasteiger partial charge in [0.05, 0.1) is 49.3 Å². The van der Waals surface area contributed by atoms with E-state index in [-0.39, 0.29) is 11.9 Å². The number of fused-ring (bicyclic) bond motifs is 20. The van der Waals surface area contributed by atoms with E-state index in [0.717, 1.165) is 47.3 Å². The van der Waals surface area contributed by atoms with Crippen molar-refractivity contribution in [1.82, 2.24) is 42.5 Å². The first kappa shape index (κ1) is 35.2. The van der Waals surface area contributed by atoms with Crippen molar-refractivity contribution in [2.45, 2.75) is 166 Å². The molecule has 8 N–H and O–H groups in total. The molecule has 8 bridgehead atoms. The first-order chi connectivity index (χ1) is 23.9. The van der Waals surface area contributed by atoms with Gasteiger partial charge in [-0.2, -0.15) is 0 Å². The van der Waals surface area contributed by atoms with Gasteiger partial charge in [-0.15, -0.1) is 0 Å². The Bertz CT molecular complexity index is 948. The molecule has 5 aliphatic heterocycles. The number of nitrogens with one attached hydrogen (secondary N) is 8. The molecule has 276 valence electrons. The van der Waals surface area contributed by atoms with Gasteiger partial charge in [-0.05, 0) is 98.7 Å². The van der Waals surface area contributed by atoms with Crippen molar-refractivity contribution in [1.29, 1.82) is 0 Å². The Morgan fingerprint density at radius 3 is 0.673 bits per heavy atom. The molecule has 5 heterocycles. The Kier molecular flexibility index (Phi) is 11.2. The second-order valence-electron chi connectivity index (χ2n) is 17.0. The Balaban J connectivity index is 0.000000344. The molecule has 9 aliphatic rings. The van der Waals surface area contributed by atoms with Crippen molar-refractivity contribution in [3.63, 3.8) is 0 Å². The van der Waals surface area contributed by atoms with Gasteiger partial charge in [0.2, 0.25) is 0 Å². The topological polar surface area (TPSA) is 149 Å². The summed E-state index contributed by atoms with van der Waals surface area (Å²) in [5.41, 5.74) is 0. The number of carbonyl (C=O) groups is 2. The molecule has 12 nitrogen and oxygen atoms in total. The van der Waals surface area contributed by atoms with E-state index >= 15 is 0 Å². The fourth-order valence-corrected chi connectivity index (χ4v) is 13.0. The van der Waals surface area contributed by atoms with E-state index in [0.29, 0.717) is 49.3 Å². The maximum absolute atomic E-state index is 10.1. The van der Waals surface area contributed by atoms with E-state index in [2.05, 4.69) is 50.1 Å². The summed E-state index contributed by atoms with van der Waals surface area (Å²) in [4.78, 5) is 20.1. The van der Waals surface area contributed by atoms with E-state index in [1.54, 1.807) is 0 Å². The average molecular weight is 746 g/mol. The van der Waals surface area contributed by atoms with Crippen LogP contribution < -0.4 is 42.5 Å². The summed E-state index contributed by atoms with van der Waals surface area (Å²) in [5.74, 6) is 5.21. The van der Waals surface area contributed by atoms with Crippen molar-refractivity contribution in [2.75, 3.05) is 0 Å². The molecule has 8 atom stereocenters. The molecule has 49 heavy (non-hydrogen) atoms. The minimum absolute atomic E-state index is 0.378. The van der Waals surface area contributed by atoms with Crippen LogP contribution in [0.5, 0.6) is 0 Å². The van der Waals surface area contributed by atoms with Crippen LogP contribution in [0, 0.1) is 47.3 Å². The Morgan fingerprint density at radius 2 is 0.531 bits per heavy atom. The number of hydrogen-bond acceptors (Lipinski definition) is 12. The predicted octanol–water partition coefficient (Wildman–Crippen LogP) is 1.72. The molecule has 8 unspecified atom stereocenters. The van der Waals surface area contributed by atoms with Gasteiger partial charge < -0.3 is 0 Å². The predicted molar refractivity (Wildman–Crippen MR) is 189 cm³/mol. The summed E-state index contributed by atoms with van der Waals surface area (Å²) >= 11 is -1.77. The molecule has 0 aromatic heterocycles. The van der Waals surface area contributed by atoms with Crippen LogP contribution in [0.4, 0.5) is 0 Å². The zero-order valence-corrected chi connectivity index (χ0v) is 32.9. The SMILES string of the molecule is C1CCC2C3NC(NC4NC(NC5NC(NC6NC(N3)C3CCCCC63)C3CCCCC53)C3CCCCC43)C2C1.CC(=O)[O][GeH2][O]C(C)=O. The normalized spacial score (nSPS) is 48.5. The van der Waals surface area contributed by atoms with Crippen LogP contribution in [-0.4, -0.2) is 77.4 Å². The fraction of sp³-hybridized carbons (Fsp3) is 0.944. The van der Waals surface area contributed by atoms with Crippen LogP contribution >= 0.6 is 0 Å². The number of carbonyl (C=O) groups excluding carboxylic acids is 2. The van der Waals surface area contributed by atoms with Crippen molar-refractivity contribution < 1.29 is 17.1 Å². The van der Waals surface area contributed by atoms with Gasteiger partial charge in [-0.3, -0.25) is 42.5 Å². The molecule has 0 aromatic rings. The summed E-state index contributed by atoms with van der Waals surface area (Å²) in [6.45, 7) is 2.57. The third-order valence-corrected chi connectivity index (χ3v) is 16.5. The van der Waals surface area contributed by atoms with Gasteiger partial charge in [0, 0.05) is 0 Å². The molecule has 0 spiro atoms. The third kappa shape index (κ3) is 7.51. The maximum atomic E-state index is 10.1. The monoisotopic (exact) mass is 746 g/mol. The molecule has 9 rings (SSSR count). The number of hydrogen-bond donors (Lipinski definition) is 8. The second kappa shape index (κ2) is 15.6. The zero-order chi connectivity index (χ0) is 33.5. The first-order valence-corrected chi connectivity index (χ1v) is 22.7. The first-order valence-electron chi connectivity index (χ1n) is 20.3. The second-order valence-corrected chi connectivity index (χ2v) is 18.7. The molecule has 5 saturated heterocycles. The van der Waals surface area contributed by atoms with E-state index in [1.165, 1.54) is 117 Å². The molecular formula is C36H64GeN8O4. The van der Waals surface area contributed by atoms with Gasteiger partial charge in [0.1, 0.15) is 0 Å². The Morgan fingerprint density at radius 1 is 0.367 bits per heavy atom. The standard InChI is InChI=1S/C32H56N8.C4H8GeO4/c1-2-10-18-17(9-1)25-33-26(18)38-28-21-13-5-6-14-22(21)30(35-28)40-32-24-16-8-7-15-23(24)31(36-32)39-29-20-12-4-3-11-19(20)27(34-29)37-25;1-3(6)8-5-9-4(2)7/h17-40H,1-16H2;5H2,1-2H3. The van der Waals surface area contributed by atoms with Crippen LogP contribution in [0.2, 0.25) is 0 Å². The summed E-state index contributed by atoms with van der Waals surface area (Å²) < 4.78 is 8.92. The van der Waals surface area contributed by atoms with E-state index in [9.17, 15) is 9.59 Å². The van der Waals surface area contributed by atoms with Crippen molar-refractivity contribution in [3.05, 3.63) is 0 Å². The molecule has 4 saturated carbocycles. The van der Waals surface area contributed by atoms with E-state index in [1.807, 2.05) is 0 Å². The molecule has 9 fully saturated rings. The summed E-state index contributed by atoms with van der Waals surface area (Å²) in [7, 11) is 0. The van der Waals surface area contributed by atoms with E-state index in [4.69, 9.17) is 0 Å². The fourth-order valence-electron chi connectivity index (χ4n) is 12.2. The van der Waals surface area contributed by atoms with Crippen molar-refractivity contribution in [3.8, 4) is 0 Å². The molecule has 13 heteroatoms. The van der Waals surface area contributed by atoms with E-state index < -0.39 is 16.1 Å². The number of rotatable bonds is 2. The average Bonchev–Trinajstić information content (AvgIpc) is 3.84. The van der Waals surface area contributed by atoms with Crippen LogP contribution in [0.3, 0.4) is 0 Å². The Labute approximate surface area is 300 Å². The summed E-state index contributed by atoms with van der Waals surface area (Å²) in [5, 5.41) is 33.8. The van der Waals surface area contributed by atoms with Crippen LogP contribution in [-0.2, 0) is 17.1 Å². The van der Waals surface area contributed by atoms with Gasteiger partial charge in [0.15, 0.2) is 0 Å². The molecule has 0 radical (unpaired) electrons. The van der Waals surface area contributed by atoms with Gasteiger partial charge in [0.25, 0.3) is 0 Å². The molecule has 0 aromatic carbocycles. The van der Waals surface area contributed by atoms with Crippen molar-refractivity contribution >= 4 is 28.0 Å². The van der Waals surface area contributed by atoms with Gasteiger partial charge >= 0.3 is 59.0 Å². The third-order valence-electron chi connectivity index (χ3n) is 14.3. The summed E-state index contributed by atoms with van der Waals surface area (Å²) in [6, 6.07) is 0.